The molecule has 230 valence electrons. The first kappa shape index (κ1) is 35.6. The van der Waals surface area contributed by atoms with Gasteiger partial charge in [-0.3, -0.25) is 0 Å². The highest BCUT2D eigenvalue weighted by Gasteiger charge is 2.39. The highest BCUT2D eigenvalue weighted by molar-refractivity contribution is 5.32. The van der Waals surface area contributed by atoms with Crippen molar-refractivity contribution in [3.63, 3.8) is 0 Å². The van der Waals surface area contributed by atoms with Gasteiger partial charge >= 0.3 is 0 Å². The number of aliphatic hydroxyl groups excluding tert-OH is 1. The summed E-state index contributed by atoms with van der Waals surface area (Å²) in [5.41, 5.74) is 6.79. The van der Waals surface area contributed by atoms with Gasteiger partial charge in [-0.25, -0.2) is 0 Å². The lowest BCUT2D eigenvalue weighted by molar-refractivity contribution is 0.00772. The molecule has 5 atom stereocenters. The van der Waals surface area contributed by atoms with Gasteiger partial charge in [-0.2, -0.15) is 0 Å². The summed E-state index contributed by atoms with van der Waals surface area (Å²) in [6, 6.07) is 0. The third kappa shape index (κ3) is 11.6. The fraction of sp³-hybridized carbons (Fsp3) is 0.512. The molecule has 5 unspecified atom stereocenters. The Morgan fingerprint density at radius 1 is 0.690 bits per heavy atom. The van der Waals surface area contributed by atoms with Crippen LogP contribution in [0.4, 0.5) is 0 Å². The van der Waals surface area contributed by atoms with Crippen LogP contribution in [0.1, 0.15) is 94.9 Å². The summed E-state index contributed by atoms with van der Waals surface area (Å²) >= 11 is 0. The van der Waals surface area contributed by atoms with E-state index < -0.39 is 0 Å². The fourth-order valence-electron chi connectivity index (χ4n) is 6.71. The SMILES string of the molecule is C=C1CCC(C)(C)C(/C=C/C(C)=C/C=C/C(C)=C/C=C/C=C(C)/C=C/C=C(C)/C=C/C2C(C)CC(O)CC2(C)C)C1C. The van der Waals surface area contributed by atoms with E-state index in [2.05, 4.69) is 161 Å². The van der Waals surface area contributed by atoms with E-state index in [4.69, 9.17) is 0 Å². The lowest BCUT2D eigenvalue weighted by Crippen LogP contribution is -2.38. The van der Waals surface area contributed by atoms with E-state index in [1.807, 2.05) is 0 Å². The van der Waals surface area contributed by atoms with Gasteiger partial charge in [0.15, 0.2) is 0 Å². The highest BCUT2D eigenvalue weighted by atomic mass is 16.3. The lowest BCUT2D eigenvalue weighted by Gasteiger charge is -2.43. The van der Waals surface area contributed by atoms with Crippen LogP contribution in [0, 0.1) is 34.5 Å². The molecule has 0 aromatic carbocycles. The van der Waals surface area contributed by atoms with Crippen LogP contribution in [0.2, 0.25) is 0 Å². The molecule has 0 spiro atoms. The molecule has 1 N–H and O–H groups in total. The van der Waals surface area contributed by atoms with Crippen LogP contribution >= 0.6 is 0 Å². The predicted octanol–water partition coefficient (Wildman–Crippen LogP) is 11.6. The van der Waals surface area contributed by atoms with E-state index in [1.54, 1.807) is 0 Å². The van der Waals surface area contributed by atoms with Gasteiger partial charge in [-0.1, -0.05) is 161 Å². The maximum Gasteiger partial charge on any atom is 0.0548 e. The third-order valence-corrected chi connectivity index (χ3v) is 9.50. The van der Waals surface area contributed by atoms with Crippen molar-refractivity contribution in [1.82, 2.24) is 0 Å². The second-order valence-electron chi connectivity index (χ2n) is 14.5. The monoisotopic (exact) mass is 568 g/mol. The van der Waals surface area contributed by atoms with Gasteiger partial charge in [-0.05, 0) is 87.9 Å². The Morgan fingerprint density at radius 3 is 1.64 bits per heavy atom. The van der Waals surface area contributed by atoms with Crippen molar-refractivity contribution in [1.29, 1.82) is 0 Å². The van der Waals surface area contributed by atoms with Gasteiger partial charge in [0.25, 0.3) is 0 Å². The first-order valence-corrected chi connectivity index (χ1v) is 16.1. The first-order chi connectivity index (χ1) is 19.6. The van der Waals surface area contributed by atoms with Crippen LogP contribution in [-0.2, 0) is 0 Å². The molecule has 0 aromatic rings. The van der Waals surface area contributed by atoms with Crippen molar-refractivity contribution < 1.29 is 5.11 Å². The van der Waals surface area contributed by atoms with Crippen molar-refractivity contribution >= 4 is 0 Å². The van der Waals surface area contributed by atoms with Gasteiger partial charge in [0, 0.05) is 0 Å². The molecule has 0 bridgehead atoms. The summed E-state index contributed by atoms with van der Waals surface area (Å²) in [7, 11) is 0. The molecule has 2 rings (SSSR count). The molecule has 1 nitrogen and oxygen atoms in total. The number of aliphatic hydroxyl groups is 1. The third-order valence-electron chi connectivity index (χ3n) is 9.50. The molecule has 0 aromatic heterocycles. The van der Waals surface area contributed by atoms with E-state index in [1.165, 1.54) is 34.3 Å². The number of hydrogen-bond acceptors (Lipinski definition) is 1. The van der Waals surface area contributed by atoms with Gasteiger partial charge in [0.1, 0.15) is 0 Å². The maximum atomic E-state index is 10.1. The zero-order valence-electron chi connectivity index (χ0n) is 28.5. The fourth-order valence-corrected chi connectivity index (χ4v) is 6.71. The highest BCUT2D eigenvalue weighted by Crippen LogP contribution is 2.47. The van der Waals surface area contributed by atoms with Crippen LogP contribution in [-0.4, -0.2) is 11.2 Å². The molecule has 0 saturated heterocycles. The summed E-state index contributed by atoms with van der Waals surface area (Å²) < 4.78 is 0. The molecule has 2 saturated carbocycles. The molecule has 2 aliphatic rings. The Labute approximate surface area is 259 Å². The second kappa shape index (κ2) is 16.3. The van der Waals surface area contributed by atoms with E-state index in [0.29, 0.717) is 29.1 Å². The molecule has 0 heterocycles. The molecule has 2 aliphatic carbocycles. The molecule has 1 heteroatoms. The van der Waals surface area contributed by atoms with Gasteiger partial charge in [-0.15, -0.1) is 0 Å². The minimum Gasteiger partial charge on any atom is -0.393 e. The quantitative estimate of drug-likeness (QED) is 0.205. The lowest BCUT2D eigenvalue weighted by atomic mass is 9.62. The maximum absolute atomic E-state index is 10.1. The van der Waals surface area contributed by atoms with E-state index in [9.17, 15) is 5.11 Å². The molecular weight excluding hydrogens is 508 g/mol. The topological polar surface area (TPSA) is 20.2 Å². The van der Waals surface area contributed by atoms with Gasteiger partial charge in [0.05, 0.1) is 6.10 Å². The smallest absolute Gasteiger partial charge is 0.0548 e. The summed E-state index contributed by atoms with van der Waals surface area (Å²) in [4.78, 5) is 0. The molecule has 0 aliphatic heterocycles. The number of allylic oxidation sites excluding steroid dienone is 19. The van der Waals surface area contributed by atoms with Crippen molar-refractivity contribution in [2.24, 2.45) is 34.5 Å². The van der Waals surface area contributed by atoms with Gasteiger partial charge < -0.3 is 5.11 Å². The minimum atomic E-state index is -0.164. The van der Waals surface area contributed by atoms with E-state index >= 15 is 0 Å². The normalized spacial score (nSPS) is 30.2. The predicted molar refractivity (Wildman–Crippen MR) is 187 cm³/mol. The summed E-state index contributed by atoms with van der Waals surface area (Å²) in [6.45, 7) is 26.8. The largest absolute Gasteiger partial charge is 0.393 e. The zero-order valence-corrected chi connectivity index (χ0v) is 28.5. The Balaban J connectivity index is 1.87. The average Bonchev–Trinajstić information content (AvgIpc) is 2.87. The summed E-state index contributed by atoms with van der Waals surface area (Å²) in [6.07, 6.45) is 34.7. The minimum absolute atomic E-state index is 0.131. The van der Waals surface area contributed by atoms with Crippen LogP contribution in [0.5, 0.6) is 0 Å². The molecule has 0 amide bonds. The van der Waals surface area contributed by atoms with Gasteiger partial charge in [0.2, 0.25) is 0 Å². The Kier molecular flexibility index (Phi) is 13.8. The number of rotatable bonds is 10. The second-order valence-corrected chi connectivity index (χ2v) is 14.5. The molecule has 42 heavy (non-hydrogen) atoms. The van der Waals surface area contributed by atoms with Crippen molar-refractivity contribution in [2.75, 3.05) is 0 Å². The van der Waals surface area contributed by atoms with Crippen molar-refractivity contribution in [3.8, 4) is 0 Å². The standard InChI is InChI=1S/C41H60O/c1-30(18-14-20-32(3)22-24-38-35(6)28-37(42)29-41(38,10)11)16-12-13-17-31(2)19-15-21-33(4)23-25-39-36(7)34(5)26-27-40(39,8)9/h12-25,35-39,42H,5,26-29H2,1-4,6-11H3/b13-12+,18-14+,19-15+,24-22+,25-23+,30-16+,31-17+,32-20+,33-21+. The van der Waals surface area contributed by atoms with Crippen LogP contribution in [0.3, 0.4) is 0 Å². The Bertz CT molecular complexity index is 1180. The average molecular weight is 569 g/mol. The number of hydrogen-bond donors (Lipinski definition) is 1. The zero-order chi connectivity index (χ0) is 31.5. The van der Waals surface area contributed by atoms with Crippen molar-refractivity contribution in [2.45, 2.75) is 101 Å². The summed E-state index contributed by atoms with van der Waals surface area (Å²) in [5, 5.41) is 10.1. The van der Waals surface area contributed by atoms with E-state index in [0.717, 1.165) is 19.3 Å². The molecular formula is C41H60O. The van der Waals surface area contributed by atoms with Crippen LogP contribution in [0.25, 0.3) is 0 Å². The van der Waals surface area contributed by atoms with Crippen LogP contribution in [0.15, 0.2) is 120 Å². The first-order valence-electron chi connectivity index (χ1n) is 16.1. The Hall–Kier alpha value is -2.64. The van der Waals surface area contributed by atoms with Crippen molar-refractivity contribution in [3.05, 3.63) is 120 Å². The van der Waals surface area contributed by atoms with Crippen LogP contribution < -0.4 is 0 Å². The summed E-state index contributed by atoms with van der Waals surface area (Å²) in [5.74, 6) is 2.08. The van der Waals surface area contributed by atoms with E-state index in [-0.39, 0.29) is 11.5 Å². The molecule has 2 fully saturated rings. The molecule has 0 radical (unpaired) electrons. The Morgan fingerprint density at radius 2 is 1.14 bits per heavy atom.